The van der Waals surface area contributed by atoms with E-state index in [1.165, 1.54) is 22.5 Å². The van der Waals surface area contributed by atoms with E-state index < -0.39 is 0 Å². The molecule has 124 valence electrons. The zero-order chi connectivity index (χ0) is 16.4. The lowest BCUT2D eigenvalue weighted by Gasteiger charge is -2.28. The summed E-state index contributed by atoms with van der Waals surface area (Å²) in [5, 5.41) is 4.92. The smallest absolute Gasteiger partial charge is 0.0800 e. The van der Waals surface area contributed by atoms with E-state index in [0.29, 0.717) is 6.04 Å². The van der Waals surface area contributed by atoms with Gasteiger partial charge in [-0.25, -0.2) is 0 Å². The summed E-state index contributed by atoms with van der Waals surface area (Å²) in [7, 11) is 4.23. The molecule has 1 aromatic heterocycles. The molecule has 2 heterocycles. The Morgan fingerprint density at radius 2 is 1.91 bits per heavy atom. The van der Waals surface area contributed by atoms with Crippen LogP contribution in [-0.4, -0.2) is 40.2 Å². The predicted octanol–water partition coefficient (Wildman–Crippen LogP) is 3.08. The first-order chi connectivity index (χ1) is 11.0. The molecule has 0 amide bonds. The largest absolute Gasteiger partial charge is 0.303 e. The van der Waals surface area contributed by atoms with Crippen LogP contribution in [0.4, 0.5) is 0 Å². The van der Waals surface area contributed by atoms with E-state index in [1.54, 1.807) is 0 Å². The molecule has 0 saturated heterocycles. The summed E-state index contributed by atoms with van der Waals surface area (Å²) in [6.45, 7) is 8.52. The highest BCUT2D eigenvalue weighted by molar-refractivity contribution is 5.30. The van der Waals surface area contributed by atoms with Crippen LogP contribution >= 0.6 is 0 Å². The molecule has 4 nitrogen and oxygen atoms in total. The summed E-state index contributed by atoms with van der Waals surface area (Å²) < 4.78 is 2.24. The summed E-state index contributed by atoms with van der Waals surface area (Å²) in [4.78, 5) is 4.75. The number of aromatic nitrogens is 2. The van der Waals surface area contributed by atoms with E-state index in [0.717, 1.165) is 32.6 Å². The zero-order valence-electron chi connectivity index (χ0n) is 14.8. The average molecular weight is 312 g/mol. The first-order valence-electron chi connectivity index (χ1n) is 8.54. The average Bonchev–Trinajstić information content (AvgIpc) is 2.86. The number of benzene rings is 1. The molecule has 23 heavy (non-hydrogen) atoms. The Labute approximate surface area is 139 Å². The lowest BCUT2D eigenvalue weighted by molar-refractivity contribution is 0.234. The lowest BCUT2D eigenvalue weighted by atomic mass is 10.0. The second-order valence-electron chi connectivity index (χ2n) is 7.09. The van der Waals surface area contributed by atoms with Crippen LogP contribution in [0.5, 0.6) is 0 Å². The van der Waals surface area contributed by atoms with Gasteiger partial charge in [0, 0.05) is 37.8 Å². The molecule has 0 N–H and O–H groups in total. The van der Waals surface area contributed by atoms with Gasteiger partial charge in [0.15, 0.2) is 0 Å². The van der Waals surface area contributed by atoms with Gasteiger partial charge in [-0.05, 0) is 39.9 Å². The normalized spacial score (nSPS) is 15.4. The van der Waals surface area contributed by atoms with E-state index in [4.69, 9.17) is 5.10 Å². The van der Waals surface area contributed by atoms with Gasteiger partial charge in [-0.3, -0.25) is 9.58 Å². The second-order valence-corrected chi connectivity index (χ2v) is 7.09. The Morgan fingerprint density at radius 1 is 1.17 bits per heavy atom. The molecule has 2 aromatic rings. The fourth-order valence-electron chi connectivity index (χ4n) is 3.40. The van der Waals surface area contributed by atoms with Gasteiger partial charge in [-0.1, -0.05) is 30.3 Å². The van der Waals surface area contributed by atoms with E-state index in [9.17, 15) is 0 Å². The fraction of sp³-hybridized carbons (Fsp3) is 0.526. The van der Waals surface area contributed by atoms with Crippen LogP contribution in [0.15, 0.2) is 30.3 Å². The molecule has 1 aliphatic rings. The van der Waals surface area contributed by atoms with Crippen LogP contribution in [-0.2, 0) is 26.1 Å². The number of hydrogen-bond acceptors (Lipinski definition) is 3. The predicted molar refractivity (Wildman–Crippen MR) is 94.3 cm³/mol. The van der Waals surface area contributed by atoms with Crippen LogP contribution in [0.1, 0.15) is 42.4 Å². The molecule has 0 atom stereocenters. The lowest BCUT2D eigenvalue weighted by Crippen LogP contribution is -2.31. The van der Waals surface area contributed by atoms with Crippen LogP contribution < -0.4 is 0 Å². The molecule has 0 spiro atoms. The second kappa shape index (κ2) is 6.85. The van der Waals surface area contributed by atoms with Gasteiger partial charge in [0.2, 0.25) is 0 Å². The summed E-state index contributed by atoms with van der Waals surface area (Å²) in [6.07, 6.45) is 1.11. The highest BCUT2D eigenvalue weighted by Crippen LogP contribution is 2.26. The molecule has 3 rings (SSSR count). The number of rotatable bonds is 5. The monoisotopic (exact) mass is 312 g/mol. The Balaban J connectivity index is 1.82. The van der Waals surface area contributed by atoms with E-state index in [1.807, 2.05) is 0 Å². The Kier molecular flexibility index (Phi) is 4.83. The zero-order valence-corrected chi connectivity index (χ0v) is 14.8. The van der Waals surface area contributed by atoms with Crippen LogP contribution in [0.3, 0.4) is 0 Å². The van der Waals surface area contributed by atoms with Crippen molar-refractivity contribution in [2.24, 2.45) is 0 Å². The summed E-state index contributed by atoms with van der Waals surface area (Å²) >= 11 is 0. The first-order valence-corrected chi connectivity index (χ1v) is 8.54. The molecule has 1 aliphatic heterocycles. The maximum Gasteiger partial charge on any atom is 0.0800 e. The van der Waals surface area contributed by atoms with Gasteiger partial charge >= 0.3 is 0 Å². The van der Waals surface area contributed by atoms with Crippen LogP contribution in [0.2, 0.25) is 0 Å². The summed E-state index contributed by atoms with van der Waals surface area (Å²) in [5.74, 6) is 0. The third kappa shape index (κ3) is 3.65. The molecular weight excluding hydrogens is 284 g/mol. The Bertz CT molecular complexity index is 643. The molecule has 0 saturated carbocycles. The van der Waals surface area contributed by atoms with Crippen molar-refractivity contribution >= 4 is 0 Å². The quantitative estimate of drug-likeness (QED) is 0.848. The van der Waals surface area contributed by atoms with Crippen molar-refractivity contribution in [1.82, 2.24) is 19.6 Å². The summed E-state index contributed by atoms with van der Waals surface area (Å²) in [6, 6.07) is 11.2. The Hall–Kier alpha value is -1.65. The molecule has 0 fully saturated rings. The maximum atomic E-state index is 4.92. The minimum absolute atomic E-state index is 0.413. The van der Waals surface area contributed by atoms with Crippen molar-refractivity contribution in [2.45, 2.75) is 45.9 Å². The van der Waals surface area contributed by atoms with Crippen molar-refractivity contribution in [3.8, 4) is 0 Å². The molecule has 1 aromatic carbocycles. The van der Waals surface area contributed by atoms with Gasteiger partial charge in [0.05, 0.1) is 11.4 Å². The topological polar surface area (TPSA) is 24.3 Å². The highest BCUT2D eigenvalue weighted by Gasteiger charge is 2.25. The molecule has 0 radical (unpaired) electrons. The molecule has 4 heteroatoms. The molecular formula is C19H28N4. The van der Waals surface area contributed by atoms with E-state index >= 15 is 0 Å². The third-order valence-electron chi connectivity index (χ3n) is 4.46. The van der Waals surface area contributed by atoms with Gasteiger partial charge < -0.3 is 4.90 Å². The van der Waals surface area contributed by atoms with Gasteiger partial charge in [0.1, 0.15) is 0 Å². The fourth-order valence-corrected chi connectivity index (χ4v) is 3.40. The molecule has 0 unspecified atom stereocenters. The third-order valence-corrected chi connectivity index (χ3v) is 4.46. The van der Waals surface area contributed by atoms with Crippen molar-refractivity contribution in [3.05, 3.63) is 52.8 Å². The van der Waals surface area contributed by atoms with Crippen LogP contribution in [0, 0.1) is 0 Å². The standard InChI is InChI=1S/C19H28N4/c1-15(2)23-19-14-22(12-16-8-6-5-7-9-16)11-10-17(19)18(20-23)13-21(3)4/h5-9,15H,10-14H2,1-4H3. The molecule has 0 aliphatic carbocycles. The van der Waals surface area contributed by atoms with Crippen molar-refractivity contribution in [1.29, 1.82) is 0 Å². The minimum atomic E-state index is 0.413. The van der Waals surface area contributed by atoms with E-state index in [-0.39, 0.29) is 0 Å². The highest BCUT2D eigenvalue weighted by atomic mass is 15.3. The number of fused-ring (bicyclic) bond motifs is 1. The minimum Gasteiger partial charge on any atom is -0.303 e. The Morgan fingerprint density at radius 3 is 2.57 bits per heavy atom. The van der Waals surface area contributed by atoms with E-state index in [2.05, 4.69) is 72.8 Å². The van der Waals surface area contributed by atoms with Gasteiger partial charge in [0.25, 0.3) is 0 Å². The first kappa shape index (κ1) is 16.2. The van der Waals surface area contributed by atoms with Gasteiger partial charge in [-0.2, -0.15) is 5.10 Å². The van der Waals surface area contributed by atoms with Gasteiger partial charge in [-0.15, -0.1) is 0 Å². The van der Waals surface area contributed by atoms with Crippen molar-refractivity contribution in [2.75, 3.05) is 20.6 Å². The van der Waals surface area contributed by atoms with Crippen molar-refractivity contribution < 1.29 is 0 Å². The molecule has 0 bridgehead atoms. The number of nitrogens with zero attached hydrogens (tertiary/aromatic N) is 4. The SMILES string of the molecule is CC(C)n1nc(CN(C)C)c2c1CN(Cc1ccccc1)CC2. The summed E-state index contributed by atoms with van der Waals surface area (Å²) in [5.41, 5.74) is 5.55. The number of hydrogen-bond donors (Lipinski definition) is 0. The van der Waals surface area contributed by atoms with Crippen LogP contribution in [0.25, 0.3) is 0 Å². The maximum absolute atomic E-state index is 4.92. The van der Waals surface area contributed by atoms with Crippen molar-refractivity contribution in [3.63, 3.8) is 0 Å².